The van der Waals surface area contributed by atoms with Crippen LogP contribution in [-0.4, -0.2) is 70.6 Å². The lowest BCUT2D eigenvalue weighted by molar-refractivity contribution is -0.359. The first-order valence-electron chi connectivity index (χ1n) is 6.74. The molecule has 22 heavy (non-hydrogen) atoms. The quantitative estimate of drug-likeness (QED) is 0.356. The topological polar surface area (TPSA) is 148 Å². The summed E-state index contributed by atoms with van der Waals surface area (Å²) in [7, 11) is 0. The van der Waals surface area contributed by atoms with E-state index in [4.69, 9.17) is 14.6 Å². The first-order valence-corrected chi connectivity index (χ1v) is 6.74. The van der Waals surface area contributed by atoms with E-state index in [0.717, 1.165) is 6.08 Å². The molecule has 9 nitrogen and oxygen atoms in total. The molecule has 0 aromatic carbocycles. The molecule has 0 saturated heterocycles. The van der Waals surface area contributed by atoms with Crippen molar-refractivity contribution in [2.75, 3.05) is 13.2 Å². The zero-order valence-electron chi connectivity index (χ0n) is 12.3. The van der Waals surface area contributed by atoms with Crippen molar-refractivity contribution in [3.63, 3.8) is 0 Å². The van der Waals surface area contributed by atoms with Crippen molar-refractivity contribution >= 4 is 11.9 Å². The molecule has 0 fully saturated rings. The van der Waals surface area contributed by atoms with Gasteiger partial charge in [0.15, 0.2) is 0 Å². The first-order chi connectivity index (χ1) is 10.3. The van der Waals surface area contributed by atoms with Crippen LogP contribution in [0.1, 0.15) is 13.8 Å². The molecule has 0 aromatic rings. The minimum Gasteiger partial charge on any atom is -0.544 e. The predicted molar refractivity (Wildman–Crippen MR) is 70.1 cm³/mol. The summed E-state index contributed by atoms with van der Waals surface area (Å²) in [5.74, 6) is -4.39. The number of carbonyl (C=O) groups is 2. The summed E-state index contributed by atoms with van der Waals surface area (Å²) in [6, 6.07) is -0.915. The number of aliphatic hydroxyl groups excluding tert-OH is 3. The summed E-state index contributed by atoms with van der Waals surface area (Å²) >= 11 is 0. The SMILES string of the molecule is CCO[C@@]1(C(=O)[O-])C=C[C@@H](NC(C)=O)[C@H]([C@H](O)[C@H](O)CO)O1. The van der Waals surface area contributed by atoms with E-state index >= 15 is 0 Å². The normalized spacial score (nSPS) is 30.6. The molecule has 0 radical (unpaired) electrons. The number of nitrogens with one attached hydrogen (secondary N) is 1. The van der Waals surface area contributed by atoms with Crippen molar-refractivity contribution in [1.82, 2.24) is 5.32 Å². The third-order valence-corrected chi connectivity index (χ3v) is 3.12. The third-order valence-electron chi connectivity index (χ3n) is 3.12. The van der Waals surface area contributed by atoms with Crippen LogP contribution in [0.25, 0.3) is 0 Å². The van der Waals surface area contributed by atoms with Gasteiger partial charge in [-0.2, -0.15) is 0 Å². The summed E-state index contributed by atoms with van der Waals surface area (Å²) in [5.41, 5.74) is 0. The Morgan fingerprint density at radius 3 is 2.59 bits per heavy atom. The van der Waals surface area contributed by atoms with Gasteiger partial charge in [0.1, 0.15) is 24.3 Å². The van der Waals surface area contributed by atoms with Gasteiger partial charge in [-0.25, -0.2) is 0 Å². The van der Waals surface area contributed by atoms with Crippen molar-refractivity contribution in [2.45, 2.75) is 44.0 Å². The molecule has 0 unspecified atom stereocenters. The molecule has 0 saturated carbocycles. The van der Waals surface area contributed by atoms with Crippen molar-refractivity contribution in [3.8, 4) is 0 Å². The van der Waals surface area contributed by atoms with Crippen LogP contribution in [0.3, 0.4) is 0 Å². The second kappa shape index (κ2) is 7.65. The van der Waals surface area contributed by atoms with Gasteiger partial charge in [0.2, 0.25) is 11.7 Å². The lowest BCUT2D eigenvalue weighted by atomic mass is 9.96. The fourth-order valence-electron chi connectivity index (χ4n) is 2.10. The van der Waals surface area contributed by atoms with E-state index in [2.05, 4.69) is 5.32 Å². The maximum absolute atomic E-state index is 11.3. The number of ether oxygens (including phenoxy) is 2. The van der Waals surface area contributed by atoms with Gasteiger partial charge in [-0.1, -0.05) is 6.08 Å². The maximum Gasteiger partial charge on any atom is 0.230 e. The van der Waals surface area contributed by atoms with Gasteiger partial charge in [0.05, 0.1) is 12.6 Å². The first kappa shape index (κ1) is 18.5. The third kappa shape index (κ3) is 4.02. The van der Waals surface area contributed by atoms with Crippen LogP contribution >= 0.6 is 0 Å². The van der Waals surface area contributed by atoms with E-state index in [1.807, 2.05) is 0 Å². The maximum atomic E-state index is 11.3. The van der Waals surface area contributed by atoms with Crippen LogP contribution in [0.5, 0.6) is 0 Å². The Labute approximate surface area is 127 Å². The van der Waals surface area contributed by atoms with Gasteiger partial charge in [0.25, 0.3) is 0 Å². The molecule has 0 bridgehead atoms. The Morgan fingerprint density at radius 2 is 2.14 bits per heavy atom. The number of rotatable bonds is 7. The van der Waals surface area contributed by atoms with Crippen molar-refractivity contribution in [1.29, 1.82) is 0 Å². The van der Waals surface area contributed by atoms with Crippen LogP contribution in [0, 0.1) is 0 Å². The number of carboxylic acid groups (broad SMARTS) is 1. The average Bonchev–Trinajstić information content (AvgIpc) is 2.46. The Hall–Kier alpha value is -1.52. The number of hydrogen-bond acceptors (Lipinski definition) is 8. The van der Waals surface area contributed by atoms with Gasteiger partial charge >= 0.3 is 0 Å². The molecule has 1 heterocycles. The van der Waals surface area contributed by atoms with E-state index in [9.17, 15) is 24.9 Å². The molecule has 1 aliphatic rings. The predicted octanol–water partition coefficient (Wildman–Crippen LogP) is -3.36. The lowest BCUT2D eigenvalue weighted by Crippen LogP contribution is -2.62. The minimum atomic E-state index is -2.25. The zero-order valence-corrected chi connectivity index (χ0v) is 12.3. The number of amides is 1. The molecular formula is C13H20NO8-. The summed E-state index contributed by atoms with van der Waals surface area (Å²) in [5, 5.41) is 42.2. The van der Waals surface area contributed by atoms with E-state index < -0.39 is 48.6 Å². The highest BCUT2D eigenvalue weighted by Gasteiger charge is 2.45. The molecule has 0 aliphatic carbocycles. The van der Waals surface area contributed by atoms with E-state index in [-0.39, 0.29) is 6.61 Å². The lowest BCUT2D eigenvalue weighted by Gasteiger charge is -2.43. The Kier molecular flexibility index (Phi) is 6.45. The van der Waals surface area contributed by atoms with Gasteiger partial charge in [-0.15, -0.1) is 0 Å². The monoisotopic (exact) mass is 318 g/mol. The second-order valence-electron chi connectivity index (χ2n) is 4.80. The van der Waals surface area contributed by atoms with Crippen molar-refractivity contribution in [2.24, 2.45) is 0 Å². The molecule has 5 atom stereocenters. The fraction of sp³-hybridized carbons (Fsp3) is 0.692. The molecular weight excluding hydrogens is 298 g/mol. The Morgan fingerprint density at radius 1 is 1.50 bits per heavy atom. The van der Waals surface area contributed by atoms with Crippen molar-refractivity contribution < 1.29 is 39.5 Å². The van der Waals surface area contributed by atoms with Gasteiger partial charge < -0.3 is 40.0 Å². The molecule has 0 spiro atoms. The standard InChI is InChI=1S/C13H21NO8/c1-3-21-13(12(19)20)5-4-8(14-7(2)16)11(22-13)10(18)9(17)6-15/h4-5,8-11,15,17-18H,3,6H2,1-2H3,(H,14,16)(H,19,20)/p-1/t8-,9-,10-,11-,13+/m1/s1. The van der Waals surface area contributed by atoms with Crippen molar-refractivity contribution in [3.05, 3.63) is 12.2 Å². The van der Waals surface area contributed by atoms with Crippen LogP contribution in [-0.2, 0) is 19.1 Å². The minimum absolute atomic E-state index is 0.0194. The smallest absolute Gasteiger partial charge is 0.230 e. The molecule has 126 valence electrons. The van der Waals surface area contributed by atoms with E-state index in [1.165, 1.54) is 19.9 Å². The molecule has 0 aromatic heterocycles. The molecule has 1 amide bonds. The highest BCUT2D eigenvalue weighted by Crippen LogP contribution is 2.27. The van der Waals surface area contributed by atoms with Crippen LogP contribution in [0.2, 0.25) is 0 Å². The van der Waals surface area contributed by atoms with Crippen LogP contribution in [0.15, 0.2) is 12.2 Å². The average molecular weight is 318 g/mol. The summed E-state index contributed by atoms with van der Waals surface area (Å²) < 4.78 is 10.3. The van der Waals surface area contributed by atoms with Crippen LogP contribution in [0.4, 0.5) is 0 Å². The van der Waals surface area contributed by atoms with Gasteiger partial charge in [0, 0.05) is 13.5 Å². The number of carbonyl (C=O) groups excluding carboxylic acids is 2. The summed E-state index contributed by atoms with van der Waals surface area (Å²) in [6.07, 6.45) is -2.28. The van der Waals surface area contributed by atoms with E-state index in [0.29, 0.717) is 0 Å². The summed E-state index contributed by atoms with van der Waals surface area (Å²) in [6.45, 7) is 1.97. The number of aliphatic carboxylic acids is 1. The molecule has 1 rings (SSSR count). The van der Waals surface area contributed by atoms with Gasteiger partial charge in [-0.3, -0.25) is 4.79 Å². The van der Waals surface area contributed by atoms with Crippen LogP contribution < -0.4 is 10.4 Å². The molecule has 4 N–H and O–H groups in total. The molecule has 1 aliphatic heterocycles. The number of hydrogen-bond donors (Lipinski definition) is 4. The largest absolute Gasteiger partial charge is 0.544 e. The Balaban J connectivity index is 3.13. The Bertz CT molecular complexity index is 440. The highest BCUT2D eigenvalue weighted by molar-refractivity contribution is 5.77. The van der Waals surface area contributed by atoms with E-state index in [1.54, 1.807) is 0 Å². The number of aliphatic hydroxyl groups is 3. The van der Waals surface area contributed by atoms with Gasteiger partial charge in [-0.05, 0) is 13.0 Å². The zero-order chi connectivity index (χ0) is 16.9. The fourth-order valence-corrected chi connectivity index (χ4v) is 2.10. The molecule has 9 heteroatoms. The second-order valence-corrected chi connectivity index (χ2v) is 4.80. The summed E-state index contributed by atoms with van der Waals surface area (Å²) in [4.78, 5) is 22.5. The highest BCUT2D eigenvalue weighted by atomic mass is 16.7. The number of carboxylic acids is 1.